The third-order valence-corrected chi connectivity index (χ3v) is 59.6. The number of carboxylic acid groups (broad SMARTS) is 1. The molecule has 2 nitrogen and oxygen atoms in total. The molecule has 10 aliphatic heterocycles. The number of carboxylic acids is 1. The molecule has 0 radical (unpaired) electrons. The number of hydrogen-bond acceptors (Lipinski definition) is 1. The van der Waals surface area contributed by atoms with Gasteiger partial charge >= 0.3 is 112 Å². The van der Waals surface area contributed by atoms with Crippen molar-refractivity contribution in [2.24, 2.45) is 0 Å². The predicted molar refractivity (Wildman–Crippen MR) is 73.5 cm³/mol. The molecule has 108 valence electrons. The van der Waals surface area contributed by atoms with Gasteiger partial charge in [0.25, 0.3) is 0 Å². The van der Waals surface area contributed by atoms with E-state index in [1.807, 2.05) is 12.1 Å². The van der Waals surface area contributed by atoms with Crippen molar-refractivity contribution < 1.29 is 16.4 Å². The van der Waals surface area contributed by atoms with E-state index in [0.29, 0.717) is 5.56 Å². The van der Waals surface area contributed by atoms with Crippen LogP contribution < -0.4 is 0 Å². The summed E-state index contributed by atoms with van der Waals surface area (Å²) in [4.78, 5) is 23.5. The number of fused-ring (bicyclic) bond motifs is 10. The Kier molecular flexibility index (Phi) is 0.298. The van der Waals surface area contributed by atoms with Gasteiger partial charge in [-0.05, 0) is 0 Å². The van der Waals surface area contributed by atoms with Crippen LogP contribution >= 0.6 is 0 Å². The molecule has 0 saturated carbocycles. The summed E-state index contributed by atoms with van der Waals surface area (Å²) in [5.41, 5.74) is 1.91. The molecular formula is C18H16FeO2. The van der Waals surface area contributed by atoms with Crippen LogP contribution in [-0.4, -0.2) is 11.1 Å². The van der Waals surface area contributed by atoms with Gasteiger partial charge in [0.1, 0.15) is 0 Å². The normalized spacial score (nSPS) is 98.4. The Morgan fingerprint density at radius 3 is 1.81 bits per heavy atom. The molecule has 1 aromatic rings. The van der Waals surface area contributed by atoms with E-state index < -0.39 is 12.5 Å². The molecule has 10 saturated heterocycles. The number of hydrogen-bond donors (Lipinski definition) is 1. The standard InChI is InChI=1S/C13H11O2.C5H5.Fe/c14-13(15)12-7-5-11(6-8-12)9-10-3-1-2-4-10;1-2-4-5-3-1;/h1-8H,9H2,(H,14,15);1-5H;. The van der Waals surface area contributed by atoms with Gasteiger partial charge in [-0.25, -0.2) is 0 Å². The summed E-state index contributed by atoms with van der Waals surface area (Å²) in [6.07, 6.45) is 1.38. The van der Waals surface area contributed by atoms with Crippen LogP contribution in [0.3, 0.4) is 0 Å². The Hall–Kier alpha value is -0.791. The van der Waals surface area contributed by atoms with Gasteiger partial charge in [-0.15, -0.1) is 0 Å². The van der Waals surface area contributed by atoms with E-state index in [0.717, 1.165) is 4.31 Å². The minimum atomic E-state index is -2.91. The zero-order chi connectivity index (χ0) is 13.3. The first-order valence-corrected chi connectivity index (χ1v) is 14.8. The van der Waals surface area contributed by atoms with Crippen molar-refractivity contribution in [2.45, 2.75) is 54.1 Å². The van der Waals surface area contributed by atoms with Crippen molar-refractivity contribution in [2.75, 3.05) is 0 Å². The second-order valence-electron chi connectivity index (χ2n) is 12.0. The fourth-order valence-corrected chi connectivity index (χ4v) is 93.1. The van der Waals surface area contributed by atoms with Gasteiger partial charge in [0.05, 0.1) is 0 Å². The van der Waals surface area contributed by atoms with Crippen LogP contribution in [0.5, 0.6) is 0 Å². The third-order valence-electron chi connectivity index (χ3n) is 16.7. The molecule has 1 aromatic carbocycles. The van der Waals surface area contributed by atoms with E-state index >= 15 is 0 Å². The van der Waals surface area contributed by atoms with Gasteiger partial charge in [0.2, 0.25) is 0 Å². The van der Waals surface area contributed by atoms with E-state index in [9.17, 15) is 4.79 Å². The molecular weight excluding hydrogens is 304 g/mol. The number of rotatable bonds is 3. The Morgan fingerprint density at radius 2 is 1.48 bits per heavy atom. The molecule has 0 aromatic heterocycles. The predicted octanol–water partition coefficient (Wildman–Crippen LogP) is 4.69. The molecule has 21 heavy (non-hydrogen) atoms. The van der Waals surface area contributed by atoms with Gasteiger partial charge in [0.15, 0.2) is 0 Å². The first-order valence-electron chi connectivity index (χ1n) is 8.46. The van der Waals surface area contributed by atoms with E-state index in [1.165, 1.54) is 55.3 Å². The Bertz CT molecular complexity index is 1180. The number of benzene rings is 1. The Morgan fingerprint density at radius 1 is 0.952 bits per heavy atom. The van der Waals surface area contributed by atoms with E-state index in [-0.39, 0.29) is 0 Å². The first-order chi connectivity index (χ1) is 9.93. The monoisotopic (exact) mass is 320 g/mol. The molecule has 1 spiro atoms. The number of carbonyl (C=O) groups is 1. The summed E-state index contributed by atoms with van der Waals surface area (Å²) in [5.74, 6) is -0.792. The van der Waals surface area contributed by atoms with Crippen molar-refractivity contribution in [1.82, 2.24) is 0 Å². The minimum absolute atomic E-state index is 0.448. The average Bonchev–Trinajstić information content (AvgIpc) is 3.42. The molecule has 0 amide bonds. The SMILES string of the molecule is O=C(O)c1ccc(C[C]23[CH]4[CH]5[CH]6[CH]2[Fe]56432789[CH]3[CH]2[CH]7[CH]8[CH]39)cc1. The van der Waals surface area contributed by atoms with Crippen molar-refractivity contribution in [1.29, 1.82) is 0 Å². The zero-order valence-corrected chi connectivity index (χ0v) is 12.5. The molecule has 10 fully saturated rings. The molecule has 4 unspecified atom stereocenters. The van der Waals surface area contributed by atoms with Crippen molar-refractivity contribution in [3.63, 3.8) is 0 Å². The van der Waals surface area contributed by atoms with Gasteiger partial charge in [-0.3, -0.25) is 0 Å². The molecule has 0 bridgehead atoms. The van der Waals surface area contributed by atoms with Crippen LogP contribution in [0.15, 0.2) is 24.3 Å². The molecule has 10 aliphatic rings. The summed E-state index contributed by atoms with van der Waals surface area (Å²) in [5, 5.41) is 9.07. The molecule has 4 atom stereocenters. The van der Waals surface area contributed by atoms with Gasteiger partial charge in [0, 0.05) is 0 Å². The first kappa shape index (κ1) is 8.17. The maximum atomic E-state index is 11.0. The topological polar surface area (TPSA) is 37.3 Å². The molecule has 3 heteroatoms. The second-order valence-corrected chi connectivity index (χ2v) is 35.7. The average molecular weight is 320 g/mol. The van der Waals surface area contributed by atoms with Crippen LogP contribution in [0.1, 0.15) is 15.9 Å². The molecule has 1 N–H and O–H groups in total. The fraction of sp³-hybridized carbons (Fsp3) is 0.611. The summed E-state index contributed by atoms with van der Waals surface area (Å²) in [6, 6.07) is 7.94. The Labute approximate surface area is 112 Å². The van der Waals surface area contributed by atoms with Gasteiger partial charge in [-0.2, -0.15) is 0 Å². The number of aromatic carboxylic acids is 1. The Balaban J connectivity index is 1.22. The van der Waals surface area contributed by atoms with Crippen LogP contribution in [-0.2, 0) is 12.9 Å². The maximum absolute atomic E-state index is 11.0. The van der Waals surface area contributed by atoms with Crippen molar-refractivity contribution in [3.05, 3.63) is 35.4 Å². The van der Waals surface area contributed by atoms with Crippen LogP contribution in [0.2, 0.25) is 47.7 Å². The quantitative estimate of drug-likeness (QED) is 0.821. The van der Waals surface area contributed by atoms with Gasteiger partial charge < -0.3 is 0 Å². The van der Waals surface area contributed by atoms with Crippen molar-refractivity contribution >= 4 is 5.97 Å². The van der Waals surface area contributed by atoms with Crippen molar-refractivity contribution in [3.8, 4) is 0 Å². The summed E-state index contributed by atoms with van der Waals surface area (Å²) >= 11 is 0. The van der Waals surface area contributed by atoms with Crippen LogP contribution in [0.25, 0.3) is 0 Å². The fourth-order valence-electron chi connectivity index (χ4n) is 18.2. The van der Waals surface area contributed by atoms with Crippen LogP contribution in [0.4, 0.5) is 0 Å². The summed E-state index contributed by atoms with van der Waals surface area (Å²) < 4.78 is 0.934. The summed E-state index contributed by atoms with van der Waals surface area (Å²) in [7, 11) is 0. The van der Waals surface area contributed by atoms with Crippen LogP contribution in [0, 0.1) is 0 Å². The summed E-state index contributed by atoms with van der Waals surface area (Å²) in [6.45, 7) is -2.91. The third kappa shape index (κ3) is 0.106. The molecule has 10 heterocycles. The van der Waals surface area contributed by atoms with E-state index in [2.05, 4.69) is 12.1 Å². The second kappa shape index (κ2) is 0.766. The van der Waals surface area contributed by atoms with E-state index in [1.54, 1.807) is 0 Å². The molecule has 0 aliphatic carbocycles. The zero-order valence-electron chi connectivity index (χ0n) is 11.4. The van der Waals surface area contributed by atoms with Gasteiger partial charge in [-0.1, -0.05) is 0 Å². The van der Waals surface area contributed by atoms with E-state index in [4.69, 9.17) is 5.11 Å². The molecule has 11 rings (SSSR count).